The molecular formula is C13H19NO. The van der Waals surface area contributed by atoms with Crippen molar-refractivity contribution in [1.82, 2.24) is 5.32 Å². The Morgan fingerprint density at radius 1 is 1.33 bits per heavy atom. The lowest BCUT2D eigenvalue weighted by molar-refractivity contribution is 0.191. The molecule has 1 saturated carbocycles. The third-order valence-corrected chi connectivity index (χ3v) is 2.80. The van der Waals surface area contributed by atoms with Crippen molar-refractivity contribution in [3.8, 4) is 0 Å². The molecule has 0 aliphatic heterocycles. The summed E-state index contributed by atoms with van der Waals surface area (Å²) in [7, 11) is 0. The minimum atomic E-state index is -0.268. The minimum absolute atomic E-state index is 0.268. The topological polar surface area (TPSA) is 32.3 Å². The van der Waals surface area contributed by atoms with Crippen LogP contribution in [0.5, 0.6) is 0 Å². The highest BCUT2D eigenvalue weighted by molar-refractivity contribution is 5.27. The molecule has 2 nitrogen and oxygen atoms in total. The number of nitrogens with one attached hydrogen (secondary N) is 1. The van der Waals surface area contributed by atoms with E-state index in [1.54, 1.807) is 6.92 Å². The van der Waals surface area contributed by atoms with Crippen molar-refractivity contribution >= 4 is 0 Å². The van der Waals surface area contributed by atoms with Gasteiger partial charge in [-0.05, 0) is 36.8 Å². The molecule has 2 heteroatoms. The molecular weight excluding hydrogens is 186 g/mol. The van der Waals surface area contributed by atoms with Crippen molar-refractivity contribution in [1.29, 1.82) is 0 Å². The molecule has 1 aromatic carbocycles. The van der Waals surface area contributed by atoms with Gasteiger partial charge in [0.25, 0.3) is 0 Å². The molecule has 1 aliphatic rings. The maximum Gasteiger partial charge on any atom is 0.0636 e. The Hall–Kier alpha value is -0.860. The second kappa shape index (κ2) is 4.77. The summed E-state index contributed by atoms with van der Waals surface area (Å²) in [5.74, 6) is 0.837. The van der Waals surface area contributed by atoms with Gasteiger partial charge in [-0.15, -0.1) is 0 Å². The van der Waals surface area contributed by atoms with Crippen LogP contribution in [-0.2, 0) is 6.54 Å². The highest BCUT2D eigenvalue weighted by Gasteiger charge is 2.22. The Labute approximate surface area is 91.3 Å². The zero-order valence-corrected chi connectivity index (χ0v) is 9.24. The Morgan fingerprint density at radius 3 is 2.53 bits per heavy atom. The lowest BCUT2D eigenvalue weighted by Gasteiger charge is -2.07. The summed E-state index contributed by atoms with van der Waals surface area (Å²) in [6.45, 7) is 3.30. The van der Waals surface area contributed by atoms with Gasteiger partial charge < -0.3 is 10.4 Å². The lowest BCUT2D eigenvalue weighted by Crippen LogP contribution is -2.23. The van der Waals surface area contributed by atoms with Gasteiger partial charge in [0.2, 0.25) is 0 Å². The third kappa shape index (κ3) is 3.33. The first-order chi connectivity index (χ1) is 7.25. The van der Waals surface area contributed by atoms with E-state index >= 15 is 0 Å². The SMILES string of the molecule is CC(O)CNCc1ccc(C2CC2)cc1. The molecule has 1 fully saturated rings. The quantitative estimate of drug-likeness (QED) is 0.771. The van der Waals surface area contributed by atoms with E-state index in [1.165, 1.54) is 24.0 Å². The zero-order chi connectivity index (χ0) is 10.7. The van der Waals surface area contributed by atoms with Crippen LogP contribution >= 0.6 is 0 Å². The molecule has 0 amide bonds. The van der Waals surface area contributed by atoms with E-state index in [9.17, 15) is 0 Å². The molecule has 1 aliphatic carbocycles. The van der Waals surface area contributed by atoms with E-state index in [-0.39, 0.29) is 6.10 Å². The van der Waals surface area contributed by atoms with Crippen LogP contribution in [0.1, 0.15) is 36.8 Å². The summed E-state index contributed by atoms with van der Waals surface area (Å²) in [4.78, 5) is 0. The van der Waals surface area contributed by atoms with Crippen LogP contribution in [0.15, 0.2) is 24.3 Å². The molecule has 1 aromatic rings. The summed E-state index contributed by atoms with van der Waals surface area (Å²) in [5, 5.41) is 12.3. The van der Waals surface area contributed by atoms with E-state index in [4.69, 9.17) is 5.11 Å². The normalized spacial score (nSPS) is 17.7. The van der Waals surface area contributed by atoms with Crippen LogP contribution in [0, 0.1) is 0 Å². The maximum atomic E-state index is 9.09. The van der Waals surface area contributed by atoms with Crippen LogP contribution in [-0.4, -0.2) is 17.8 Å². The summed E-state index contributed by atoms with van der Waals surface area (Å²) < 4.78 is 0. The van der Waals surface area contributed by atoms with Crippen LogP contribution < -0.4 is 5.32 Å². The van der Waals surface area contributed by atoms with Crippen LogP contribution in [0.25, 0.3) is 0 Å². The number of aliphatic hydroxyl groups is 1. The van der Waals surface area contributed by atoms with Crippen molar-refractivity contribution in [2.24, 2.45) is 0 Å². The molecule has 1 unspecified atom stereocenters. The summed E-state index contributed by atoms with van der Waals surface area (Å²) in [6, 6.07) is 8.83. The van der Waals surface area contributed by atoms with Gasteiger partial charge in [-0.2, -0.15) is 0 Å². The first-order valence-electron chi connectivity index (χ1n) is 5.73. The highest BCUT2D eigenvalue weighted by Crippen LogP contribution is 2.39. The second-order valence-electron chi connectivity index (χ2n) is 4.50. The molecule has 1 atom stereocenters. The van der Waals surface area contributed by atoms with E-state index in [2.05, 4.69) is 29.6 Å². The Bertz CT molecular complexity index is 301. The van der Waals surface area contributed by atoms with Gasteiger partial charge in [-0.25, -0.2) is 0 Å². The van der Waals surface area contributed by atoms with E-state index in [0.29, 0.717) is 6.54 Å². The number of hydrogen-bond acceptors (Lipinski definition) is 2. The lowest BCUT2D eigenvalue weighted by atomic mass is 10.1. The molecule has 0 aromatic heterocycles. The summed E-state index contributed by atoms with van der Waals surface area (Å²) in [5.41, 5.74) is 2.77. The fourth-order valence-electron chi connectivity index (χ4n) is 1.75. The van der Waals surface area contributed by atoms with Crippen molar-refractivity contribution in [2.75, 3.05) is 6.54 Å². The van der Waals surface area contributed by atoms with Crippen molar-refractivity contribution in [2.45, 2.75) is 38.3 Å². The number of aliphatic hydroxyl groups excluding tert-OH is 1. The van der Waals surface area contributed by atoms with Gasteiger partial charge in [0, 0.05) is 13.1 Å². The maximum absolute atomic E-state index is 9.09. The second-order valence-corrected chi connectivity index (χ2v) is 4.50. The highest BCUT2D eigenvalue weighted by atomic mass is 16.3. The van der Waals surface area contributed by atoms with Gasteiger partial charge in [0.05, 0.1) is 6.10 Å². The van der Waals surface area contributed by atoms with Crippen LogP contribution in [0.3, 0.4) is 0 Å². The first-order valence-corrected chi connectivity index (χ1v) is 5.73. The number of rotatable bonds is 5. The number of hydrogen-bond donors (Lipinski definition) is 2. The average molecular weight is 205 g/mol. The fourth-order valence-corrected chi connectivity index (χ4v) is 1.75. The smallest absolute Gasteiger partial charge is 0.0636 e. The first kappa shape index (κ1) is 10.7. The third-order valence-electron chi connectivity index (χ3n) is 2.80. The van der Waals surface area contributed by atoms with Crippen molar-refractivity contribution in [3.63, 3.8) is 0 Å². The molecule has 82 valence electrons. The molecule has 15 heavy (non-hydrogen) atoms. The molecule has 0 radical (unpaired) electrons. The largest absolute Gasteiger partial charge is 0.392 e. The van der Waals surface area contributed by atoms with Gasteiger partial charge in [0.15, 0.2) is 0 Å². The predicted molar refractivity (Wildman–Crippen MR) is 61.8 cm³/mol. The summed E-state index contributed by atoms with van der Waals surface area (Å²) in [6.07, 6.45) is 2.45. The van der Waals surface area contributed by atoms with Crippen LogP contribution in [0.4, 0.5) is 0 Å². The molecule has 2 rings (SSSR count). The van der Waals surface area contributed by atoms with Gasteiger partial charge >= 0.3 is 0 Å². The molecule has 0 saturated heterocycles. The minimum Gasteiger partial charge on any atom is -0.392 e. The molecule has 0 heterocycles. The van der Waals surface area contributed by atoms with E-state index in [0.717, 1.165) is 12.5 Å². The predicted octanol–water partition coefficient (Wildman–Crippen LogP) is 2.03. The number of benzene rings is 1. The molecule has 0 spiro atoms. The molecule has 0 bridgehead atoms. The van der Waals surface area contributed by atoms with Gasteiger partial charge in [0.1, 0.15) is 0 Å². The van der Waals surface area contributed by atoms with Crippen molar-refractivity contribution < 1.29 is 5.11 Å². The Kier molecular flexibility index (Phi) is 3.39. The van der Waals surface area contributed by atoms with Gasteiger partial charge in [-0.3, -0.25) is 0 Å². The van der Waals surface area contributed by atoms with Crippen LogP contribution in [0.2, 0.25) is 0 Å². The average Bonchev–Trinajstić information content (AvgIpc) is 3.02. The molecule has 2 N–H and O–H groups in total. The standard InChI is InChI=1S/C13H19NO/c1-10(15)8-14-9-11-2-4-12(5-3-11)13-6-7-13/h2-5,10,13-15H,6-9H2,1H3. The zero-order valence-electron chi connectivity index (χ0n) is 9.24. The Morgan fingerprint density at radius 2 is 2.00 bits per heavy atom. The fraction of sp³-hybridized carbons (Fsp3) is 0.538. The monoisotopic (exact) mass is 205 g/mol. The van der Waals surface area contributed by atoms with Crippen molar-refractivity contribution in [3.05, 3.63) is 35.4 Å². The van der Waals surface area contributed by atoms with E-state index < -0.39 is 0 Å². The van der Waals surface area contributed by atoms with E-state index in [1.807, 2.05) is 0 Å². The van der Waals surface area contributed by atoms with Gasteiger partial charge in [-0.1, -0.05) is 24.3 Å². The summed E-state index contributed by atoms with van der Waals surface area (Å²) >= 11 is 0. The Balaban J connectivity index is 1.81.